The molecule has 0 aliphatic rings. The summed E-state index contributed by atoms with van der Waals surface area (Å²) in [7, 11) is 0. The average Bonchev–Trinajstić information content (AvgIpc) is 2.05. The second-order valence-corrected chi connectivity index (χ2v) is 2.41. The van der Waals surface area contributed by atoms with Gasteiger partial charge in [-0.2, -0.15) is 0 Å². The molecular weight excluding hydrogens is 150 g/mol. The molecule has 0 fully saturated rings. The van der Waals surface area contributed by atoms with Crippen molar-refractivity contribution in [2.45, 2.75) is 0 Å². The lowest BCUT2D eigenvalue weighted by Crippen LogP contribution is -2.12. The Labute approximate surface area is 71.4 Å². The van der Waals surface area contributed by atoms with E-state index in [0.717, 1.165) is 5.56 Å². The summed E-state index contributed by atoms with van der Waals surface area (Å²) in [5, 5.41) is 6.92. The highest BCUT2D eigenvalue weighted by molar-refractivity contribution is 5.84. The Morgan fingerprint density at radius 2 is 2.08 bits per heavy atom. The second-order valence-electron chi connectivity index (χ2n) is 2.41. The molecule has 0 amide bonds. The van der Waals surface area contributed by atoms with Crippen molar-refractivity contribution < 1.29 is 0 Å². The van der Waals surface area contributed by atoms with Gasteiger partial charge in [-0.25, -0.2) is 0 Å². The van der Waals surface area contributed by atoms with Crippen LogP contribution in [0.5, 0.6) is 0 Å². The number of rotatable bonds is 3. The first-order valence-electron chi connectivity index (χ1n) is 3.67. The van der Waals surface area contributed by atoms with Gasteiger partial charge >= 0.3 is 0 Å². The Kier molecular flexibility index (Phi) is 3.02. The van der Waals surface area contributed by atoms with E-state index in [1.807, 2.05) is 30.3 Å². The van der Waals surface area contributed by atoms with E-state index in [4.69, 9.17) is 11.1 Å². The van der Waals surface area contributed by atoms with Crippen molar-refractivity contribution in [1.29, 1.82) is 5.41 Å². The van der Waals surface area contributed by atoms with E-state index in [2.05, 4.69) is 4.99 Å². The zero-order chi connectivity index (χ0) is 8.81. The largest absolute Gasteiger partial charge is 0.386 e. The summed E-state index contributed by atoms with van der Waals surface area (Å²) in [5.41, 5.74) is 6.15. The minimum absolute atomic E-state index is 0.0854. The molecule has 0 unspecified atom stereocenters. The van der Waals surface area contributed by atoms with Crippen molar-refractivity contribution >= 4 is 12.1 Å². The zero-order valence-corrected chi connectivity index (χ0v) is 6.70. The lowest BCUT2D eigenvalue weighted by atomic mass is 10.2. The fourth-order valence-corrected chi connectivity index (χ4v) is 0.789. The molecule has 1 rings (SSSR count). The van der Waals surface area contributed by atoms with E-state index in [1.54, 1.807) is 6.21 Å². The van der Waals surface area contributed by atoms with E-state index < -0.39 is 0 Å². The summed E-state index contributed by atoms with van der Waals surface area (Å²) in [4.78, 5) is 3.97. The molecule has 0 bridgehead atoms. The number of nitrogens with one attached hydrogen (secondary N) is 1. The fourth-order valence-electron chi connectivity index (χ4n) is 0.789. The van der Waals surface area contributed by atoms with Gasteiger partial charge in [0.05, 0.1) is 6.54 Å². The lowest BCUT2D eigenvalue weighted by Gasteiger charge is -1.91. The van der Waals surface area contributed by atoms with Crippen LogP contribution in [-0.4, -0.2) is 18.6 Å². The average molecular weight is 161 g/mol. The molecule has 0 aliphatic carbocycles. The van der Waals surface area contributed by atoms with Gasteiger partial charge in [-0.3, -0.25) is 10.4 Å². The summed E-state index contributed by atoms with van der Waals surface area (Å²) in [6.07, 6.45) is 1.71. The molecule has 3 heteroatoms. The van der Waals surface area contributed by atoms with Gasteiger partial charge in [0.2, 0.25) is 0 Å². The Morgan fingerprint density at radius 3 is 2.67 bits per heavy atom. The highest BCUT2D eigenvalue weighted by atomic mass is 14.8. The molecule has 1 aromatic rings. The van der Waals surface area contributed by atoms with Gasteiger partial charge in [-0.15, -0.1) is 0 Å². The lowest BCUT2D eigenvalue weighted by molar-refractivity contribution is 1.24. The molecule has 3 N–H and O–H groups in total. The Hall–Kier alpha value is -1.64. The minimum atomic E-state index is 0.0854. The first-order valence-corrected chi connectivity index (χ1v) is 3.67. The summed E-state index contributed by atoms with van der Waals surface area (Å²) in [5.74, 6) is 0.0854. The monoisotopic (exact) mass is 161 g/mol. The standard InChI is InChI=1S/C9H11N3/c10-9(11)7-12-6-8-4-2-1-3-5-8/h1-6H,7H2,(H3,10,11). The summed E-state index contributed by atoms with van der Waals surface area (Å²) >= 11 is 0. The molecule has 0 aliphatic heterocycles. The molecular formula is C9H11N3. The van der Waals surface area contributed by atoms with E-state index >= 15 is 0 Å². The van der Waals surface area contributed by atoms with Gasteiger partial charge in [0, 0.05) is 6.21 Å². The third-order valence-corrected chi connectivity index (χ3v) is 1.30. The van der Waals surface area contributed by atoms with Crippen LogP contribution in [-0.2, 0) is 0 Å². The van der Waals surface area contributed by atoms with Gasteiger partial charge in [-0.1, -0.05) is 30.3 Å². The summed E-state index contributed by atoms with van der Waals surface area (Å²) in [6, 6.07) is 9.72. The highest BCUT2D eigenvalue weighted by Gasteiger charge is 1.84. The molecule has 0 saturated heterocycles. The molecule has 0 spiro atoms. The normalized spacial score (nSPS) is 10.3. The molecule has 0 aromatic heterocycles. The molecule has 0 heterocycles. The van der Waals surface area contributed by atoms with Crippen LogP contribution in [0.4, 0.5) is 0 Å². The van der Waals surface area contributed by atoms with Crippen molar-refractivity contribution in [2.75, 3.05) is 6.54 Å². The van der Waals surface area contributed by atoms with Gasteiger partial charge in [-0.05, 0) is 5.56 Å². The predicted octanol–water partition coefficient (Wildman–Crippen LogP) is 1.04. The van der Waals surface area contributed by atoms with E-state index in [-0.39, 0.29) is 12.4 Å². The van der Waals surface area contributed by atoms with Crippen molar-refractivity contribution in [3.05, 3.63) is 35.9 Å². The number of benzene rings is 1. The number of nitrogens with zero attached hydrogens (tertiary/aromatic N) is 1. The van der Waals surface area contributed by atoms with E-state index in [1.165, 1.54) is 0 Å². The number of nitrogens with two attached hydrogens (primary N) is 1. The minimum Gasteiger partial charge on any atom is -0.386 e. The van der Waals surface area contributed by atoms with Crippen LogP contribution < -0.4 is 5.73 Å². The van der Waals surface area contributed by atoms with Crippen LogP contribution in [0.15, 0.2) is 35.3 Å². The number of aliphatic imine (C=N–C) groups is 1. The van der Waals surface area contributed by atoms with Gasteiger partial charge in [0.1, 0.15) is 5.84 Å². The Balaban J connectivity index is 2.52. The molecule has 0 atom stereocenters. The van der Waals surface area contributed by atoms with Gasteiger partial charge < -0.3 is 5.73 Å². The fraction of sp³-hybridized carbons (Fsp3) is 0.111. The zero-order valence-electron chi connectivity index (χ0n) is 6.70. The third-order valence-electron chi connectivity index (χ3n) is 1.30. The van der Waals surface area contributed by atoms with Crippen LogP contribution in [0, 0.1) is 5.41 Å². The van der Waals surface area contributed by atoms with Crippen molar-refractivity contribution in [3.63, 3.8) is 0 Å². The Morgan fingerprint density at radius 1 is 1.42 bits per heavy atom. The molecule has 1 aromatic carbocycles. The molecule has 0 saturated carbocycles. The maximum Gasteiger partial charge on any atom is 0.113 e. The van der Waals surface area contributed by atoms with Crippen molar-refractivity contribution in [3.8, 4) is 0 Å². The maximum atomic E-state index is 6.92. The maximum absolute atomic E-state index is 6.92. The van der Waals surface area contributed by atoms with Gasteiger partial charge in [0.15, 0.2) is 0 Å². The molecule has 62 valence electrons. The molecule has 3 nitrogen and oxygen atoms in total. The number of hydrogen-bond acceptors (Lipinski definition) is 2. The van der Waals surface area contributed by atoms with Crippen molar-refractivity contribution in [2.24, 2.45) is 10.7 Å². The highest BCUT2D eigenvalue weighted by Crippen LogP contribution is 1.93. The number of amidine groups is 1. The SMILES string of the molecule is N=C(N)CN=Cc1ccccc1. The van der Waals surface area contributed by atoms with E-state index in [9.17, 15) is 0 Å². The Bertz CT molecular complexity index is 277. The van der Waals surface area contributed by atoms with Crippen LogP contribution in [0.25, 0.3) is 0 Å². The first kappa shape index (κ1) is 8.46. The summed E-state index contributed by atoms with van der Waals surface area (Å²) in [6.45, 7) is 0.273. The third kappa shape index (κ3) is 2.96. The topological polar surface area (TPSA) is 62.2 Å². The predicted molar refractivity (Wildman–Crippen MR) is 50.8 cm³/mol. The quantitative estimate of drug-likeness (QED) is 0.505. The smallest absolute Gasteiger partial charge is 0.113 e. The van der Waals surface area contributed by atoms with Gasteiger partial charge in [0.25, 0.3) is 0 Å². The van der Waals surface area contributed by atoms with Crippen LogP contribution in [0.3, 0.4) is 0 Å². The summed E-state index contributed by atoms with van der Waals surface area (Å²) < 4.78 is 0. The van der Waals surface area contributed by atoms with Crippen LogP contribution in [0.2, 0.25) is 0 Å². The number of hydrogen-bond donors (Lipinski definition) is 2. The van der Waals surface area contributed by atoms with Crippen LogP contribution in [0.1, 0.15) is 5.56 Å². The van der Waals surface area contributed by atoms with E-state index in [0.29, 0.717) is 0 Å². The van der Waals surface area contributed by atoms with Crippen molar-refractivity contribution in [1.82, 2.24) is 0 Å². The second kappa shape index (κ2) is 4.28. The van der Waals surface area contributed by atoms with Crippen LogP contribution >= 0.6 is 0 Å². The molecule has 0 radical (unpaired) electrons. The molecule has 12 heavy (non-hydrogen) atoms. The first-order chi connectivity index (χ1) is 5.79.